The Morgan fingerprint density at radius 1 is 1.50 bits per heavy atom. The zero-order valence-electron chi connectivity index (χ0n) is 10.5. The molecule has 0 atom stereocenters. The summed E-state index contributed by atoms with van der Waals surface area (Å²) in [6.07, 6.45) is 4.52. The molecule has 0 bridgehead atoms. The number of furan rings is 1. The van der Waals surface area contributed by atoms with Gasteiger partial charge in [-0.3, -0.25) is 4.68 Å². The molecule has 0 spiro atoms. The summed E-state index contributed by atoms with van der Waals surface area (Å²) in [7, 11) is 1.86. The van der Waals surface area contributed by atoms with Crippen LogP contribution in [0, 0.1) is 0 Å². The van der Waals surface area contributed by atoms with Gasteiger partial charge in [-0.2, -0.15) is 0 Å². The average Bonchev–Trinajstić information content (AvgIpc) is 3.00. The molecule has 0 fully saturated rings. The van der Waals surface area contributed by atoms with Crippen LogP contribution in [0.2, 0.25) is 0 Å². The van der Waals surface area contributed by atoms with E-state index >= 15 is 0 Å². The van der Waals surface area contributed by atoms with Crippen LogP contribution in [0.5, 0.6) is 0 Å². The topological polar surface area (TPSA) is 65.1 Å². The quantitative estimate of drug-likeness (QED) is 0.711. The van der Waals surface area contributed by atoms with E-state index in [9.17, 15) is 0 Å². The van der Waals surface area contributed by atoms with Crippen molar-refractivity contribution >= 4 is 0 Å². The molecule has 98 valence electrons. The van der Waals surface area contributed by atoms with Gasteiger partial charge in [-0.15, -0.1) is 5.10 Å². The van der Waals surface area contributed by atoms with Crippen LogP contribution in [0.3, 0.4) is 0 Å². The molecule has 0 saturated heterocycles. The number of nitrogens with one attached hydrogen (secondary N) is 1. The van der Waals surface area contributed by atoms with Crippen molar-refractivity contribution in [2.75, 3.05) is 13.2 Å². The SMILES string of the molecule is Cn1cc(CNCCCOCc2ccco2)nn1. The standard InChI is InChI=1S/C12H18N4O2/c1-16-9-11(14-15-16)8-13-5-3-6-17-10-12-4-2-7-18-12/h2,4,7,9,13H,3,5-6,8,10H2,1H3. The Kier molecular flexibility index (Phi) is 4.92. The molecule has 2 aromatic rings. The Morgan fingerprint density at radius 3 is 3.17 bits per heavy atom. The molecule has 0 radical (unpaired) electrons. The van der Waals surface area contributed by atoms with E-state index in [4.69, 9.17) is 9.15 Å². The van der Waals surface area contributed by atoms with Crippen LogP contribution < -0.4 is 5.32 Å². The summed E-state index contributed by atoms with van der Waals surface area (Å²) in [4.78, 5) is 0. The Hall–Kier alpha value is -1.66. The first-order valence-corrected chi connectivity index (χ1v) is 6.00. The predicted octanol–water partition coefficient (Wildman–Crippen LogP) is 1.10. The number of ether oxygens (including phenoxy) is 1. The van der Waals surface area contributed by atoms with E-state index in [-0.39, 0.29) is 0 Å². The summed E-state index contributed by atoms with van der Waals surface area (Å²) in [6, 6.07) is 3.77. The second-order valence-electron chi connectivity index (χ2n) is 4.05. The van der Waals surface area contributed by atoms with Gasteiger partial charge < -0.3 is 14.5 Å². The molecule has 0 unspecified atom stereocenters. The normalized spacial score (nSPS) is 10.9. The van der Waals surface area contributed by atoms with Gasteiger partial charge in [0.15, 0.2) is 0 Å². The Labute approximate surface area is 106 Å². The van der Waals surface area contributed by atoms with Crippen LogP contribution in [0.4, 0.5) is 0 Å². The van der Waals surface area contributed by atoms with Crippen molar-refractivity contribution in [3.05, 3.63) is 36.0 Å². The highest BCUT2D eigenvalue weighted by atomic mass is 16.5. The van der Waals surface area contributed by atoms with Gasteiger partial charge in [-0.25, -0.2) is 0 Å². The Bertz CT molecular complexity index is 439. The maximum absolute atomic E-state index is 5.47. The smallest absolute Gasteiger partial charge is 0.129 e. The molecular weight excluding hydrogens is 232 g/mol. The molecular formula is C12H18N4O2. The van der Waals surface area contributed by atoms with E-state index < -0.39 is 0 Å². The number of rotatable bonds is 8. The van der Waals surface area contributed by atoms with Crippen molar-refractivity contribution in [1.29, 1.82) is 0 Å². The molecule has 0 saturated carbocycles. The fourth-order valence-corrected chi connectivity index (χ4v) is 1.56. The largest absolute Gasteiger partial charge is 0.467 e. The summed E-state index contributed by atoms with van der Waals surface area (Å²) in [5.74, 6) is 0.863. The molecule has 2 aromatic heterocycles. The summed E-state index contributed by atoms with van der Waals surface area (Å²) in [5.41, 5.74) is 0.953. The number of nitrogens with zero attached hydrogens (tertiary/aromatic N) is 3. The zero-order valence-corrected chi connectivity index (χ0v) is 10.5. The minimum atomic E-state index is 0.539. The molecule has 6 heteroatoms. The number of hydrogen-bond donors (Lipinski definition) is 1. The predicted molar refractivity (Wildman–Crippen MR) is 65.7 cm³/mol. The van der Waals surface area contributed by atoms with Gasteiger partial charge in [0.05, 0.1) is 12.0 Å². The summed E-state index contributed by atoms with van der Waals surface area (Å²) in [6.45, 7) is 2.89. The minimum Gasteiger partial charge on any atom is -0.467 e. The Balaban J connectivity index is 1.46. The molecule has 2 heterocycles. The van der Waals surface area contributed by atoms with Crippen molar-refractivity contribution in [3.63, 3.8) is 0 Å². The van der Waals surface area contributed by atoms with E-state index in [2.05, 4.69) is 15.6 Å². The minimum absolute atomic E-state index is 0.539. The van der Waals surface area contributed by atoms with Gasteiger partial charge in [0.2, 0.25) is 0 Å². The lowest BCUT2D eigenvalue weighted by atomic mass is 10.4. The monoisotopic (exact) mass is 250 g/mol. The summed E-state index contributed by atoms with van der Waals surface area (Å²) >= 11 is 0. The van der Waals surface area contributed by atoms with Crippen molar-refractivity contribution in [3.8, 4) is 0 Å². The zero-order chi connectivity index (χ0) is 12.6. The van der Waals surface area contributed by atoms with Crippen LogP contribution in [-0.4, -0.2) is 28.1 Å². The first-order valence-electron chi connectivity index (χ1n) is 6.00. The van der Waals surface area contributed by atoms with Gasteiger partial charge in [0.1, 0.15) is 12.4 Å². The van der Waals surface area contributed by atoms with Gasteiger partial charge in [0, 0.05) is 26.4 Å². The lowest BCUT2D eigenvalue weighted by Crippen LogP contribution is -2.16. The first kappa shape index (κ1) is 12.8. The van der Waals surface area contributed by atoms with Crippen molar-refractivity contribution in [2.45, 2.75) is 19.6 Å². The lowest BCUT2D eigenvalue weighted by molar-refractivity contribution is 0.104. The second kappa shape index (κ2) is 6.93. The number of hydrogen-bond acceptors (Lipinski definition) is 5. The third-order valence-corrected chi connectivity index (χ3v) is 2.42. The van der Waals surface area contributed by atoms with Crippen molar-refractivity contribution in [2.24, 2.45) is 7.05 Å². The van der Waals surface area contributed by atoms with Crippen LogP contribution in [0.15, 0.2) is 29.0 Å². The summed E-state index contributed by atoms with van der Waals surface area (Å²) in [5, 5.41) is 11.1. The van der Waals surface area contributed by atoms with Crippen molar-refractivity contribution in [1.82, 2.24) is 20.3 Å². The van der Waals surface area contributed by atoms with E-state index in [0.29, 0.717) is 13.2 Å². The molecule has 0 aromatic carbocycles. The highest BCUT2D eigenvalue weighted by molar-refractivity contribution is 4.96. The maximum Gasteiger partial charge on any atom is 0.129 e. The lowest BCUT2D eigenvalue weighted by Gasteiger charge is -2.03. The van der Waals surface area contributed by atoms with Gasteiger partial charge in [-0.05, 0) is 25.1 Å². The molecule has 18 heavy (non-hydrogen) atoms. The van der Waals surface area contributed by atoms with E-state index in [1.807, 2.05) is 25.4 Å². The molecule has 1 N–H and O–H groups in total. The molecule has 2 rings (SSSR count). The van der Waals surface area contributed by atoms with Crippen LogP contribution in [0.25, 0.3) is 0 Å². The second-order valence-corrected chi connectivity index (χ2v) is 4.05. The third kappa shape index (κ3) is 4.31. The van der Waals surface area contributed by atoms with E-state index in [1.165, 1.54) is 0 Å². The molecule has 0 aliphatic carbocycles. The van der Waals surface area contributed by atoms with Gasteiger partial charge in [0.25, 0.3) is 0 Å². The third-order valence-electron chi connectivity index (χ3n) is 2.42. The van der Waals surface area contributed by atoms with Crippen LogP contribution in [0.1, 0.15) is 17.9 Å². The highest BCUT2D eigenvalue weighted by Gasteiger charge is 1.98. The fourth-order valence-electron chi connectivity index (χ4n) is 1.56. The fraction of sp³-hybridized carbons (Fsp3) is 0.500. The molecule has 0 amide bonds. The van der Waals surface area contributed by atoms with Crippen molar-refractivity contribution < 1.29 is 9.15 Å². The van der Waals surface area contributed by atoms with Gasteiger partial charge >= 0.3 is 0 Å². The van der Waals surface area contributed by atoms with E-state index in [1.54, 1.807) is 10.9 Å². The number of aromatic nitrogens is 3. The molecule has 6 nitrogen and oxygen atoms in total. The number of aryl methyl sites for hydroxylation is 1. The summed E-state index contributed by atoms with van der Waals surface area (Å²) < 4.78 is 12.3. The first-order chi connectivity index (χ1) is 8.84. The van der Waals surface area contributed by atoms with Crippen LogP contribution >= 0.6 is 0 Å². The average molecular weight is 250 g/mol. The maximum atomic E-state index is 5.47. The molecule has 0 aliphatic rings. The highest BCUT2D eigenvalue weighted by Crippen LogP contribution is 2.01. The molecule has 0 aliphatic heterocycles. The van der Waals surface area contributed by atoms with Crippen LogP contribution in [-0.2, 0) is 24.9 Å². The van der Waals surface area contributed by atoms with Gasteiger partial charge in [-0.1, -0.05) is 5.21 Å². The Morgan fingerprint density at radius 2 is 2.44 bits per heavy atom. The van der Waals surface area contributed by atoms with E-state index in [0.717, 1.165) is 31.0 Å².